The van der Waals surface area contributed by atoms with Crippen molar-refractivity contribution < 1.29 is 0 Å². The molecular formula is C15H23N3S. The van der Waals surface area contributed by atoms with Crippen LogP contribution in [0.15, 0.2) is 34.2 Å². The molecule has 0 saturated heterocycles. The van der Waals surface area contributed by atoms with Crippen LogP contribution in [0.1, 0.15) is 24.8 Å². The summed E-state index contributed by atoms with van der Waals surface area (Å²) in [5.74, 6) is 2.38. The summed E-state index contributed by atoms with van der Waals surface area (Å²) in [5, 5.41) is 3.17. The fraction of sp³-hybridized carbons (Fsp3) is 0.533. The number of nitrogens with one attached hydrogen (secondary N) is 1. The number of nitrogens with zero attached hydrogens (tertiary/aromatic N) is 1. The van der Waals surface area contributed by atoms with Gasteiger partial charge in [0.1, 0.15) is 0 Å². The second-order valence-corrected chi connectivity index (χ2v) is 6.28. The topological polar surface area (TPSA) is 50.4 Å². The predicted molar refractivity (Wildman–Crippen MR) is 83.7 cm³/mol. The molecule has 0 bridgehead atoms. The smallest absolute Gasteiger partial charge is 0.188 e. The molecule has 1 saturated carbocycles. The lowest BCUT2D eigenvalue weighted by Gasteiger charge is -2.23. The Morgan fingerprint density at radius 1 is 1.37 bits per heavy atom. The van der Waals surface area contributed by atoms with Crippen molar-refractivity contribution in [3.05, 3.63) is 29.8 Å². The van der Waals surface area contributed by atoms with Gasteiger partial charge < -0.3 is 11.1 Å². The van der Waals surface area contributed by atoms with E-state index in [1.54, 1.807) is 0 Å². The van der Waals surface area contributed by atoms with Crippen molar-refractivity contribution in [1.29, 1.82) is 0 Å². The highest BCUT2D eigenvalue weighted by Crippen LogP contribution is 2.26. The lowest BCUT2D eigenvalue weighted by atomic mass is 9.86. The summed E-state index contributed by atoms with van der Waals surface area (Å²) in [6.45, 7) is 3.86. The van der Waals surface area contributed by atoms with Crippen LogP contribution in [0, 0.1) is 12.8 Å². The second kappa shape index (κ2) is 7.43. The van der Waals surface area contributed by atoms with Crippen molar-refractivity contribution in [2.75, 3.05) is 18.8 Å². The SMILES string of the molecule is Cc1ccc(SCCNC(N)=NCC2CCC2)cc1. The molecule has 1 aromatic rings. The maximum absolute atomic E-state index is 5.83. The Morgan fingerprint density at radius 2 is 2.11 bits per heavy atom. The van der Waals surface area contributed by atoms with Crippen LogP contribution < -0.4 is 11.1 Å². The van der Waals surface area contributed by atoms with Crippen molar-refractivity contribution >= 4 is 17.7 Å². The molecule has 3 nitrogen and oxygen atoms in total. The lowest BCUT2D eigenvalue weighted by Crippen LogP contribution is -2.34. The molecule has 0 unspecified atom stereocenters. The van der Waals surface area contributed by atoms with Crippen LogP contribution in [0.3, 0.4) is 0 Å². The zero-order valence-electron chi connectivity index (χ0n) is 11.6. The monoisotopic (exact) mass is 277 g/mol. The Bertz CT molecular complexity index is 410. The Hall–Kier alpha value is -1.16. The van der Waals surface area contributed by atoms with Gasteiger partial charge in [-0.05, 0) is 37.8 Å². The number of aliphatic imine (C=N–C) groups is 1. The zero-order valence-corrected chi connectivity index (χ0v) is 12.4. The molecule has 0 aromatic heterocycles. The minimum absolute atomic E-state index is 0.594. The molecule has 4 heteroatoms. The van der Waals surface area contributed by atoms with Gasteiger partial charge in [0, 0.05) is 23.7 Å². The van der Waals surface area contributed by atoms with E-state index in [9.17, 15) is 0 Å². The van der Waals surface area contributed by atoms with Crippen LogP contribution in [0.5, 0.6) is 0 Å². The highest BCUT2D eigenvalue weighted by molar-refractivity contribution is 7.99. The first-order valence-electron chi connectivity index (χ1n) is 6.97. The predicted octanol–water partition coefficient (Wildman–Crippen LogP) is 2.79. The Kier molecular flexibility index (Phi) is 5.58. The van der Waals surface area contributed by atoms with Gasteiger partial charge in [-0.2, -0.15) is 0 Å². The summed E-state index contributed by atoms with van der Waals surface area (Å²) in [5.41, 5.74) is 7.13. The zero-order chi connectivity index (χ0) is 13.5. The summed E-state index contributed by atoms with van der Waals surface area (Å²) >= 11 is 1.84. The van der Waals surface area contributed by atoms with Crippen LogP contribution in [-0.2, 0) is 0 Å². The molecule has 0 amide bonds. The molecule has 0 radical (unpaired) electrons. The minimum Gasteiger partial charge on any atom is -0.370 e. The number of benzene rings is 1. The average molecular weight is 277 g/mol. The van der Waals surface area contributed by atoms with Crippen molar-refractivity contribution in [3.8, 4) is 0 Å². The molecule has 1 aliphatic rings. The summed E-state index contributed by atoms with van der Waals surface area (Å²) < 4.78 is 0. The first-order chi connectivity index (χ1) is 9.24. The summed E-state index contributed by atoms with van der Waals surface area (Å²) in [4.78, 5) is 5.68. The highest BCUT2D eigenvalue weighted by Gasteiger charge is 2.16. The molecule has 1 fully saturated rings. The molecule has 19 heavy (non-hydrogen) atoms. The second-order valence-electron chi connectivity index (χ2n) is 5.11. The molecule has 0 heterocycles. The number of nitrogens with two attached hydrogens (primary N) is 1. The Morgan fingerprint density at radius 3 is 2.74 bits per heavy atom. The molecule has 104 valence electrons. The van der Waals surface area contributed by atoms with E-state index in [1.165, 1.54) is 29.7 Å². The minimum atomic E-state index is 0.594. The van der Waals surface area contributed by atoms with Crippen LogP contribution in [-0.4, -0.2) is 24.8 Å². The van der Waals surface area contributed by atoms with Crippen molar-refractivity contribution in [1.82, 2.24) is 5.32 Å². The number of thioether (sulfide) groups is 1. The Balaban J connectivity index is 1.59. The fourth-order valence-electron chi connectivity index (χ4n) is 1.94. The van der Waals surface area contributed by atoms with Crippen molar-refractivity contribution in [3.63, 3.8) is 0 Å². The van der Waals surface area contributed by atoms with E-state index in [-0.39, 0.29) is 0 Å². The van der Waals surface area contributed by atoms with Crippen molar-refractivity contribution in [2.24, 2.45) is 16.6 Å². The van der Waals surface area contributed by atoms with E-state index in [4.69, 9.17) is 5.73 Å². The number of hydrogen-bond acceptors (Lipinski definition) is 2. The first kappa shape index (κ1) is 14.3. The van der Waals surface area contributed by atoms with E-state index in [1.807, 2.05) is 11.8 Å². The van der Waals surface area contributed by atoms with E-state index in [0.29, 0.717) is 5.96 Å². The van der Waals surface area contributed by atoms with Gasteiger partial charge in [0.2, 0.25) is 0 Å². The molecule has 3 N–H and O–H groups in total. The van der Waals surface area contributed by atoms with E-state index in [0.717, 1.165) is 24.8 Å². The number of hydrogen-bond donors (Lipinski definition) is 2. The van der Waals surface area contributed by atoms with E-state index in [2.05, 4.69) is 41.5 Å². The van der Waals surface area contributed by atoms with Gasteiger partial charge in [0.05, 0.1) is 0 Å². The molecule has 0 spiro atoms. The molecule has 1 aromatic carbocycles. The molecule has 0 atom stereocenters. The molecular weight excluding hydrogens is 254 g/mol. The first-order valence-corrected chi connectivity index (χ1v) is 7.96. The average Bonchev–Trinajstić information content (AvgIpc) is 2.35. The van der Waals surface area contributed by atoms with Gasteiger partial charge in [0.15, 0.2) is 5.96 Å². The number of rotatable bonds is 6. The maximum Gasteiger partial charge on any atom is 0.188 e. The lowest BCUT2D eigenvalue weighted by molar-refractivity contribution is 0.326. The maximum atomic E-state index is 5.83. The molecule has 0 aliphatic heterocycles. The Labute approximate surface area is 120 Å². The van der Waals surface area contributed by atoms with Gasteiger partial charge in [-0.15, -0.1) is 11.8 Å². The van der Waals surface area contributed by atoms with Gasteiger partial charge >= 0.3 is 0 Å². The van der Waals surface area contributed by atoms with Gasteiger partial charge in [0.25, 0.3) is 0 Å². The standard InChI is InChI=1S/C15H23N3S/c1-12-5-7-14(8-6-12)19-10-9-17-15(16)18-11-13-3-2-4-13/h5-8,13H,2-4,9-11H2,1H3,(H3,16,17,18). The third-order valence-corrected chi connectivity index (χ3v) is 4.46. The van der Waals surface area contributed by atoms with Gasteiger partial charge in [-0.25, -0.2) is 0 Å². The van der Waals surface area contributed by atoms with Crippen molar-refractivity contribution in [2.45, 2.75) is 31.1 Å². The van der Waals surface area contributed by atoms with Gasteiger partial charge in [-0.1, -0.05) is 24.1 Å². The van der Waals surface area contributed by atoms with E-state index >= 15 is 0 Å². The number of aryl methyl sites for hydroxylation is 1. The van der Waals surface area contributed by atoms with Crippen LogP contribution in [0.25, 0.3) is 0 Å². The van der Waals surface area contributed by atoms with Crippen LogP contribution >= 0.6 is 11.8 Å². The van der Waals surface area contributed by atoms with Crippen LogP contribution in [0.2, 0.25) is 0 Å². The quantitative estimate of drug-likeness (QED) is 0.364. The van der Waals surface area contributed by atoms with Gasteiger partial charge in [-0.3, -0.25) is 4.99 Å². The molecule has 1 aliphatic carbocycles. The van der Waals surface area contributed by atoms with E-state index < -0.39 is 0 Å². The normalized spacial score (nSPS) is 16.2. The number of guanidine groups is 1. The highest BCUT2D eigenvalue weighted by atomic mass is 32.2. The summed E-state index contributed by atoms with van der Waals surface area (Å²) in [7, 11) is 0. The third kappa shape index (κ3) is 5.15. The fourth-order valence-corrected chi connectivity index (χ4v) is 2.71. The summed E-state index contributed by atoms with van der Waals surface area (Å²) in [6.07, 6.45) is 4.00. The third-order valence-electron chi connectivity index (χ3n) is 3.44. The van der Waals surface area contributed by atoms with Crippen LogP contribution in [0.4, 0.5) is 0 Å². The summed E-state index contributed by atoms with van der Waals surface area (Å²) in [6, 6.07) is 8.61. The largest absolute Gasteiger partial charge is 0.370 e. The molecule has 2 rings (SSSR count).